The van der Waals surface area contributed by atoms with Crippen LogP contribution in [-0.4, -0.2) is 28.6 Å². The molecule has 0 saturated heterocycles. The van der Waals surface area contributed by atoms with Crippen LogP contribution in [0.15, 0.2) is 83.8 Å². The number of carbonyl (C=O) groups excluding carboxylic acids is 1. The lowest BCUT2D eigenvalue weighted by Gasteiger charge is -2.18. The van der Waals surface area contributed by atoms with Crippen molar-refractivity contribution >= 4 is 29.2 Å². The number of carbonyl (C=O) groups is 2. The van der Waals surface area contributed by atoms with Gasteiger partial charge in [0, 0.05) is 23.5 Å². The molecule has 3 N–H and O–H groups in total. The molecule has 0 aliphatic heterocycles. The van der Waals surface area contributed by atoms with E-state index in [0.717, 1.165) is 23.8 Å². The topological polar surface area (TPSA) is 108 Å². The van der Waals surface area contributed by atoms with Crippen molar-refractivity contribution in [3.63, 3.8) is 0 Å². The van der Waals surface area contributed by atoms with Gasteiger partial charge in [-0.3, -0.25) is 9.59 Å². The molecule has 0 spiro atoms. The number of H-pyrrole nitrogens is 1. The van der Waals surface area contributed by atoms with E-state index in [9.17, 15) is 27.6 Å². The SMILES string of the molecule is O=C(O)c1ccc(NC(=O)C(Cc2ccccc2)c2c[nH]c(-c3c(OC(F)F)ccc(Cl)c3F)cc2=O)cc1. The van der Waals surface area contributed by atoms with E-state index >= 15 is 0 Å². The van der Waals surface area contributed by atoms with E-state index in [0.29, 0.717) is 5.69 Å². The Labute approximate surface area is 224 Å². The Hall–Kier alpha value is -4.57. The van der Waals surface area contributed by atoms with Crippen LogP contribution in [0, 0.1) is 5.82 Å². The van der Waals surface area contributed by atoms with Crippen molar-refractivity contribution in [1.29, 1.82) is 0 Å². The number of ether oxygens (including phenoxy) is 1. The average Bonchev–Trinajstić information content (AvgIpc) is 2.90. The maximum Gasteiger partial charge on any atom is 0.387 e. The van der Waals surface area contributed by atoms with Gasteiger partial charge in [0.15, 0.2) is 11.2 Å². The largest absolute Gasteiger partial charge is 0.478 e. The third-order valence-electron chi connectivity index (χ3n) is 5.86. The number of carboxylic acid groups (broad SMARTS) is 1. The van der Waals surface area contributed by atoms with Crippen LogP contribution < -0.4 is 15.5 Å². The molecule has 1 aromatic heterocycles. The Balaban J connectivity index is 1.72. The molecule has 200 valence electrons. The van der Waals surface area contributed by atoms with Crippen LogP contribution in [0.25, 0.3) is 11.3 Å². The number of carboxylic acids is 1. The van der Waals surface area contributed by atoms with Gasteiger partial charge in [-0.15, -0.1) is 0 Å². The Morgan fingerprint density at radius 2 is 1.72 bits per heavy atom. The fourth-order valence-corrected chi connectivity index (χ4v) is 4.15. The second-order valence-electron chi connectivity index (χ2n) is 8.39. The first-order valence-electron chi connectivity index (χ1n) is 11.5. The molecular weight excluding hydrogens is 537 g/mol. The minimum absolute atomic E-state index is 0.0287. The Morgan fingerprint density at radius 3 is 2.33 bits per heavy atom. The number of rotatable bonds is 9. The van der Waals surface area contributed by atoms with Gasteiger partial charge in [-0.05, 0) is 48.4 Å². The van der Waals surface area contributed by atoms with Crippen molar-refractivity contribution in [2.45, 2.75) is 19.0 Å². The van der Waals surface area contributed by atoms with Gasteiger partial charge in [0.1, 0.15) is 5.75 Å². The predicted molar refractivity (Wildman–Crippen MR) is 139 cm³/mol. The van der Waals surface area contributed by atoms with Crippen molar-refractivity contribution in [2.75, 3.05) is 5.32 Å². The lowest BCUT2D eigenvalue weighted by molar-refractivity contribution is -0.117. The molecule has 39 heavy (non-hydrogen) atoms. The first kappa shape index (κ1) is 27.5. The number of halogens is 4. The maximum atomic E-state index is 14.8. The lowest BCUT2D eigenvalue weighted by atomic mass is 9.91. The van der Waals surface area contributed by atoms with Crippen molar-refractivity contribution in [1.82, 2.24) is 4.98 Å². The second kappa shape index (κ2) is 11.9. The van der Waals surface area contributed by atoms with E-state index in [2.05, 4.69) is 15.0 Å². The highest BCUT2D eigenvalue weighted by Gasteiger charge is 2.26. The molecule has 1 atom stereocenters. The van der Waals surface area contributed by atoms with Crippen molar-refractivity contribution in [3.05, 3.63) is 117 Å². The minimum Gasteiger partial charge on any atom is -0.478 e. The number of aromatic amines is 1. The van der Waals surface area contributed by atoms with E-state index in [1.165, 1.54) is 30.5 Å². The number of anilines is 1. The number of aromatic nitrogens is 1. The van der Waals surface area contributed by atoms with E-state index in [4.69, 9.17) is 16.7 Å². The molecule has 1 amide bonds. The van der Waals surface area contributed by atoms with Gasteiger partial charge in [0.05, 0.1) is 27.8 Å². The Kier molecular flexibility index (Phi) is 8.36. The van der Waals surface area contributed by atoms with E-state index < -0.39 is 47.0 Å². The highest BCUT2D eigenvalue weighted by molar-refractivity contribution is 6.31. The number of aromatic carboxylic acids is 1. The van der Waals surface area contributed by atoms with Gasteiger partial charge >= 0.3 is 12.6 Å². The fourth-order valence-electron chi connectivity index (χ4n) is 4.00. The first-order valence-corrected chi connectivity index (χ1v) is 11.9. The first-order chi connectivity index (χ1) is 18.6. The van der Waals surface area contributed by atoms with Crippen molar-refractivity contribution < 1.29 is 32.6 Å². The molecule has 0 radical (unpaired) electrons. The standard InChI is InChI=1S/C28H20ClF3N2O5/c29-20-10-11-23(39-28(31)32)24(25(20)30)21-13-22(35)19(14-33-21)18(12-15-4-2-1-3-5-15)26(36)34-17-8-6-16(7-9-17)27(37)38/h1-11,13-14,18,28H,12H2,(H,33,35)(H,34,36)(H,37,38). The van der Waals surface area contributed by atoms with Crippen molar-refractivity contribution in [3.8, 4) is 17.0 Å². The average molecular weight is 557 g/mol. The van der Waals surface area contributed by atoms with Gasteiger partial charge in [-0.25, -0.2) is 9.18 Å². The summed E-state index contributed by atoms with van der Waals surface area (Å²) in [6, 6.07) is 17.5. The summed E-state index contributed by atoms with van der Waals surface area (Å²) in [6.45, 7) is -3.25. The number of pyridine rings is 1. The van der Waals surface area contributed by atoms with E-state index in [1.54, 1.807) is 30.3 Å². The smallest absolute Gasteiger partial charge is 0.387 e. The van der Waals surface area contributed by atoms with Crippen LogP contribution in [0.3, 0.4) is 0 Å². The van der Waals surface area contributed by atoms with Crippen molar-refractivity contribution in [2.24, 2.45) is 0 Å². The molecule has 4 rings (SSSR count). The highest BCUT2D eigenvalue weighted by Crippen LogP contribution is 2.36. The monoisotopic (exact) mass is 556 g/mol. The molecule has 7 nitrogen and oxygen atoms in total. The summed E-state index contributed by atoms with van der Waals surface area (Å²) in [5, 5.41) is 11.4. The quantitative estimate of drug-likeness (QED) is 0.231. The third kappa shape index (κ3) is 6.47. The molecule has 1 heterocycles. The number of benzene rings is 3. The van der Waals surface area contributed by atoms with Gasteiger partial charge in [-0.1, -0.05) is 41.9 Å². The molecule has 3 aromatic carbocycles. The van der Waals surface area contributed by atoms with Gasteiger partial charge < -0.3 is 20.1 Å². The molecule has 0 saturated carbocycles. The molecule has 0 fully saturated rings. The normalized spacial score (nSPS) is 11.7. The molecule has 11 heteroatoms. The van der Waals surface area contributed by atoms with E-state index in [1.807, 2.05) is 0 Å². The van der Waals surface area contributed by atoms with Gasteiger partial charge in [-0.2, -0.15) is 8.78 Å². The molecule has 4 aromatic rings. The highest BCUT2D eigenvalue weighted by atomic mass is 35.5. The molecule has 0 bridgehead atoms. The number of amides is 1. The fraction of sp³-hybridized carbons (Fsp3) is 0.107. The maximum absolute atomic E-state index is 14.8. The summed E-state index contributed by atoms with van der Waals surface area (Å²) in [7, 11) is 0. The van der Waals surface area contributed by atoms with Gasteiger partial charge in [0.2, 0.25) is 5.91 Å². The molecule has 1 unspecified atom stereocenters. The third-order valence-corrected chi connectivity index (χ3v) is 6.15. The summed E-state index contributed by atoms with van der Waals surface area (Å²) in [4.78, 5) is 40.4. The zero-order valence-corrected chi connectivity index (χ0v) is 20.7. The molecule has 0 aliphatic rings. The van der Waals surface area contributed by atoms with E-state index in [-0.39, 0.29) is 28.3 Å². The van der Waals surface area contributed by atoms with Crippen LogP contribution in [0.4, 0.5) is 18.9 Å². The summed E-state index contributed by atoms with van der Waals surface area (Å²) < 4.78 is 45.1. The summed E-state index contributed by atoms with van der Waals surface area (Å²) in [5.74, 6) is -4.30. The number of hydrogen-bond acceptors (Lipinski definition) is 4. The zero-order chi connectivity index (χ0) is 28.1. The predicted octanol–water partition coefficient (Wildman–Crippen LogP) is 6.10. The number of hydrogen-bond donors (Lipinski definition) is 3. The van der Waals surface area contributed by atoms with Gasteiger partial charge in [0.25, 0.3) is 0 Å². The van der Waals surface area contributed by atoms with Crippen LogP contribution in [-0.2, 0) is 11.2 Å². The van der Waals surface area contributed by atoms with Crippen LogP contribution in [0.5, 0.6) is 5.75 Å². The molecular formula is C28H20ClF3N2O5. The van der Waals surface area contributed by atoms with Crippen LogP contribution >= 0.6 is 11.6 Å². The summed E-state index contributed by atoms with van der Waals surface area (Å²) >= 11 is 5.83. The molecule has 0 aliphatic carbocycles. The zero-order valence-electron chi connectivity index (χ0n) is 20.0. The number of nitrogens with one attached hydrogen (secondary N) is 2. The minimum atomic E-state index is -3.25. The Bertz CT molecular complexity index is 1560. The van der Waals surface area contributed by atoms with Crippen LogP contribution in [0.2, 0.25) is 5.02 Å². The Morgan fingerprint density at radius 1 is 1.03 bits per heavy atom. The van der Waals surface area contributed by atoms with Crippen LogP contribution in [0.1, 0.15) is 27.4 Å². The summed E-state index contributed by atoms with van der Waals surface area (Å²) in [5.41, 5.74) is -0.188. The number of alkyl halides is 2. The summed E-state index contributed by atoms with van der Waals surface area (Å²) in [6.07, 6.45) is 1.33. The lowest BCUT2D eigenvalue weighted by Crippen LogP contribution is -2.27. The second-order valence-corrected chi connectivity index (χ2v) is 8.80.